The highest BCUT2D eigenvalue weighted by molar-refractivity contribution is 5.77. The number of β-amino-alcohol motifs (C(OH)–C–C–N with tert-alkyl or cyclic N) is 1. The van der Waals surface area contributed by atoms with Crippen molar-refractivity contribution in [2.45, 2.75) is 25.9 Å². The second-order valence-electron chi connectivity index (χ2n) is 3.69. The molecule has 2 heterocycles. The van der Waals surface area contributed by atoms with Gasteiger partial charge in [-0.3, -0.25) is 4.79 Å². The molecule has 0 radical (unpaired) electrons. The Kier molecular flexibility index (Phi) is 2.68. The number of hydrogen-bond acceptors (Lipinski definition) is 5. The zero-order valence-electron chi connectivity index (χ0n) is 8.51. The Bertz CT molecular complexity index is 357. The van der Waals surface area contributed by atoms with Gasteiger partial charge in [-0.2, -0.15) is 4.98 Å². The van der Waals surface area contributed by atoms with Gasteiger partial charge in [0.1, 0.15) is 0 Å². The number of carbonyl (C=O) groups excluding carboxylic acids is 1. The Hall–Kier alpha value is -1.43. The Balaban J connectivity index is 1.76. The van der Waals surface area contributed by atoms with Gasteiger partial charge >= 0.3 is 0 Å². The summed E-state index contributed by atoms with van der Waals surface area (Å²) in [5, 5.41) is 12.7. The van der Waals surface area contributed by atoms with E-state index in [4.69, 9.17) is 9.63 Å². The standard InChI is InChI=1S/C9H13N3O3/c1-6-10-8(15-11-6)2-3-9(14)12-4-7(13)5-12/h7,13H,2-5H2,1H3. The van der Waals surface area contributed by atoms with Crippen molar-refractivity contribution in [3.05, 3.63) is 11.7 Å². The van der Waals surface area contributed by atoms with Crippen LogP contribution in [0.15, 0.2) is 4.52 Å². The number of nitrogens with zero attached hydrogens (tertiary/aromatic N) is 3. The van der Waals surface area contributed by atoms with Crippen LogP contribution < -0.4 is 0 Å². The van der Waals surface area contributed by atoms with Crippen molar-refractivity contribution in [3.8, 4) is 0 Å². The number of amides is 1. The molecule has 0 spiro atoms. The van der Waals surface area contributed by atoms with Crippen LogP contribution in [0.25, 0.3) is 0 Å². The van der Waals surface area contributed by atoms with E-state index in [1.165, 1.54) is 0 Å². The topological polar surface area (TPSA) is 79.5 Å². The molecule has 1 saturated heterocycles. The second-order valence-corrected chi connectivity index (χ2v) is 3.69. The summed E-state index contributed by atoms with van der Waals surface area (Å²) in [5.74, 6) is 1.09. The van der Waals surface area contributed by atoms with Gasteiger partial charge in [-0.05, 0) is 6.92 Å². The smallest absolute Gasteiger partial charge is 0.227 e. The number of aliphatic hydroxyl groups is 1. The number of hydrogen-bond donors (Lipinski definition) is 1. The predicted octanol–water partition coefficient (Wildman–Crippen LogP) is -0.486. The first-order valence-corrected chi connectivity index (χ1v) is 4.90. The molecule has 0 aromatic carbocycles. The van der Waals surface area contributed by atoms with Crippen LogP contribution in [0.2, 0.25) is 0 Å². The molecular formula is C9H13N3O3. The Morgan fingerprint density at radius 1 is 1.67 bits per heavy atom. The van der Waals surface area contributed by atoms with Crippen LogP contribution in [-0.2, 0) is 11.2 Å². The average molecular weight is 211 g/mol. The van der Waals surface area contributed by atoms with Gasteiger partial charge in [0.15, 0.2) is 5.82 Å². The van der Waals surface area contributed by atoms with Crippen LogP contribution in [0.1, 0.15) is 18.1 Å². The third-order valence-electron chi connectivity index (χ3n) is 2.34. The molecule has 0 saturated carbocycles. The molecule has 1 amide bonds. The minimum atomic E-state index is -0.348. The fourth-order valence-corrected chi connectivity index (χ4v) is 1.47. The zero-order chi connectivity index (χ0) is 10.8. The Morgan fingerprint density at radius 3 is 2.93 bits per heavy atom. The lowest BCUT2D eigenvalue weighted by Gasteiger charge is -2.35. The maximum absolute atomic E-state index is 11.5. The van der Waals surface area contributed by atoms with E-state index in [-0.39, 0.29) is 12.0 Å². The molecule has 0 bridgehead atoms. The van der Waals surface area contributed by atoms with Crippen molar-refractivity contribution >= 4 is 5.91 Å². The first-order valence-electron chi connectivity index (χ1n) is 4.90. The summed E-state index contributed by atoms with van der Waals surface area (Å²) in [4.78, 5) is 17.1. The highest BCUT2D eigenvalue weighted by Crippen LogP contribution is 2.10. The van der Waals surface area contributed by atoms with Crippen LogP contribution in [0.3, 0.4) is 0 Å². The zero-order valence-corrected chi connectivity index (χ0v) is 8.51. The van der Waals surface area contributed by atoms with E-state index in [1.807, 2.05) is 0 Å². The largest absolute Gasteiger partial charge is 0.389 e. The van der Waals surface area contributed by atoms with Gasteiger partial charge in [0.2, 0.25) is 11.8 Å². The van der Waals surface area contributed by atoms with E-state index in [0.717, 1.165) is 0 Å². The monoisotopic (exact) mass is 211 g/mol. The summed E-state index contributed by atoms with van der Waals surface area (Å²) >= 11 is 0. The first kappa shape index (κ1) is 10.1. The fraction of sp³-hybridized carbons (Fsp3) is 0.667. The quantitative estimate of drug-likeness (QED) is 0.730. The number of aromatic nitrogens is 2. The highest BCUT2D eigenvalue weighted by Gasteiger charge is 2.28. The lowest BCUT2D eigenvalue weighted by Crippen LogP contribution is -2.53. The van der Waals surface area contributed by atoms with Gasteiger partial charge in [0.05, 0.1) is 6.10 Å². The lowest BCUT2D eigenvalue weighted by molar-refractivity contribution is -0.141. The number of carbonyl (C=O) groups is 1. The van der Waals surface area contributed by atoms with Crippen LogP contribution in [0.5, 0.6) is 0 Å². The van der Waals surface area contributed by atoms with Crippen LogP contribution in [0.4, 0.5) is 0 Å². The molecule has 1 N–H and O–H groups in total. The van der Waals surface area contributed by atoms with Crippen LogP contribution >= 0.6 is 0 Å². The molecule has 82 valence electrons. The number of rotatable bonds is 3. The Morgan fingerprint density at radius 2 is 2.40 bits per heavy atom. The molecule has 1 fully saturated rings. The summed E-state index contributed by atoms with van der Waals surface area (Å²) in [6, 6.07) is 0. The minimum absolute atomic E-state index is 0.0242. The van der Waals surface area contributed by atoms with Crippen molar-refractivity contribution in [3.63, 3.8) is 0 Å². The van der Waals surface area contributed by atoms with Gasteiger partial charge < -0.3 is 14.5 Å². The molecule has 1 aliphatic rings. The average Bonchev–Trinajstić information content (AvgIpc) is 2.56. The number of likely N-dealkylation sites (tertiary alicyclic amines) is 1. The maximum atomic E-state index is 11.5. The maximum Gasteiger partial charge on any atom is 0.227 e. The van der Waals surface area contributed by atoms with E-state index in [9.17, 15) is 4.79 Å². The summed E-state index contributed by atoms with van der Waals surface area (Å²) in [5.41, 5.74) is 0. The van der Waals surface area contributed by atoms with E-state index in [0.29, 0.717) is 37.6 Å². The van der Waals surface area contributed by atoms with E-state index < -0.39 is 0 Å². The summed E-state index contributed by atoms with van der Waals surface area (Å²) in [6.45, 7) is 2.63. The van der Waals surface area contributed by atoms with Crippen molar-refractivity contribution < 1.29 is 14.4 Å². The van der Waals surface area contributed by atoms with Crippen LogP contribution in [0, 0.1) is 6.92 Å². The van der Waals surface area contributed by atoms with Gasteiger partial charge in [0, 0.05) is 25.9 Å². The predicted molar refractivity (Wildman–Crippen MR) is 49.9 cm³/mol. The van der Waals surface area contributed by atoms with Crippen molar-refractivity contribution in [2.75, 3.05) is 13.1 Å². The lowest BCUT2D eigenvalue weighted by atomic mass is 10.1. The second kappa shape index (κ2) is 3.98. The van der Waals surface area contributed by atoms with Crippen molar-refractivity contribution in [1.29, 1.82) is 0 Å². The molecule has 1 aromatic heterocycles. The molecule has 1 aromatic rings. The molecule has 2 rings (SSSR count). The number of aliphatic hydroxyl groups excluding tert-OH is 1. The van der Waals surface area contributed by atoms with Gasteiger partial charge in [0.25, 0.3) is 0 Å². The summed E-state index contributed by atoms with van der Waals surface area (Å²) < 4.78 is 4.89. The third-order valence-corrected chi connectivity index (χ3v) is 2.34. The SMILES string of the molecule is Cc1noc(CCC(=O)N2CC(O)C2)n1. The van der Waals surface area contributed by atoms with Crippen molar-refractivity contribution in [1.82, 2.24) is 15.0 Å². The normalized spacial score (nSPS) is 16.5. The van der Waals surface area contributed by atoms with Crippen LogP contribution in [-0.4, -0.2) is 45.2 Å². The molecule has 0 aliphatic carbocycles. The molecule has 15 heavy (non-hydrogen) atoms. The molecular weight excluding hydrogens is 198 g/mol. The third kappa shape index (κ3) is 2.33. The first-order chi connectivity index (χ1) is 7.15. The van der Waals surface area contributed by atoms with Gasteiger partial charge in [-0.25, -0.2) is 0 Å². The molecule has 6 nitrogen and oxygen atoms in total. The molecule has 1 aliphatic heterocycles. The minimum Gasteiger partial charge on any atom is -0.389 e. The van der Waals surface area contributed by atoms with Gasteiger partial charge in [-0.15, -0.1) is 0 Å². The van der Waals surface area contributed by atoms with E-state index in [2.05, 4.69) is 10.1 Å². The highest BCUT2D eigenvalue weighted by atomic mass is 16.5. The molecule has 0 unspecified atom stereocenters. The fourth-order valence-electron chi connectivity index (χ4n) is 1.47. The van der Waals surface area contributed by atoms with Gasteiger partial charge in [-0.1, -0.05) is 5.16 Å². The van der Waals surface area contributed by atoms with E-state index in [1.54, 1.807) is 11.8 Å². The Labute approximate surface area is 86.9 Å². The summed E-state index contributed by atoms with van der Waals surface area (Å²) in [6.07, 6.45) is 0.472. The van der Waals surface area contributed by atoms with Crippen molar-refractivity contribution in [2.24, 2.45) is 0 Å². The van der Waals surface area contributed by atoms with E-state index >= 15 is 0 Å². The number of aryl methyl sites for hydroxylation is 2. The summed E-state index contributed by atoms with van der Waals surface area (Å²) in [7, 11) is 0. The molecule has 0 atom stereocenters. The molecule has 6 heteroatoms.